The molecule has 0 amide bonds. The number of nitrogens with zero attached hydrogens (tertiary/aromatic N) is 1. The van der Waals surface area contributed by atoms with Crippen LogP contribution >= 0.6 is 27.5 Å². The van der Waals surface area contributed by atoms with Crippen LogP contribution in [-0.2, 0) is 13.0 Å². The molecule has 0 atom stereocenters. The zero-order chi connectivity index (χ0) is 13.5. The van der Waals surface area contributed by atoms with Crippen molar-refractivity contribution in [2.75, 3.05) is 11.2 Å². The lowest BCUT2D eigenvalue weighted by molar-refractivity contribution is 0.928. The maximum atomic E-state index is 5.72. The standard InChI is InChI=1S/C15H16BrClN2/c16-13-6-7-15(18-10-13)11-19-14-5-1-3-12(9-14)4-2-8-17/h1,3,5-7,9-10,19H,2,4,8,11H2. The largest absolute Gasteiger partial charge is 0.379 e. The Balaban J connectivity index is 1.93. The molecule has 0 spiro atoms. The molecule has 1 aromatic carbocycles. The van der Waals surface area contributed by atoms with Gasteiger partial charge in [-0.25, -0.2) is 0 Å². The monoisotopic (exact) mass is 338 g/mol. The number of aryl methyl sites for hydroxylation is 1. The van der Waals surface area contributed by atoms with Crippen LogP contribution in [0, 0.1) is 0 Å². The summed E-state index contributed by atoms with van der Waals surface area (Å²) in [5, 5.41) is 3.39. The Hall–Kier alpha value is -1.06. The van der Waals surface area contributed by atoms with Gasteiger partial charge in [0.2, 0.25) is 0 Å². The van der Waals surface area contributed by atoms with Gasteiger partial charge in [-0.2, -0.15) is 0 Å². The molecule has 0 aliphatic heterocycles. The number of anilines is 1. The first kappa shape index (κ1) is 14.4. The van der Waals surface area contributed by atoms with Crippen LogP contribution in [0.1, 0.15) is 17.7 Å². The number of nitrogens with one attached hydrogen (secondary N) is 1. The Morgan fingerprint density at radius 2 is 2.11 bits per heavy atom. The van der Waals surface area contributed by atoms with Gasteiger partial charge in [0.25, 0.3) is 0 Å². The molecule has 2 nitrogen and oxygen atoms in total. The average Bonchev–Trinajstić information content (AvgIpc) is 2.45. The van der Waals surface area contributed by atoms with Crippen LogP contribution in [0.15, 0.2) is 47.1 Å². The van der Waals surface area contributed by atoms with Gasteiger partial charge in [-0.15, -0.1) is 11.6 Å². The third-order valence-corrected chi connectivity index (χ3v) is 3.52. The van der Waals surface area contributed by atoms with Crippen LogP contribution in [-0.4, -0.2) is 10.9 Å². The van der Waals surface area contributed by atoms with Crippen LogP contribution in [0.3, 0.4) is 0 Å². The van der Waals surface area contributed by atoms with Gasteiger partial charge in [0, 0.05) is 22.2 Å². The average molecular weight is 340 g/mol. The number of pyridine rings is 1. The van der Waals surface area contributed by atoms with E-state index in [9.17, 15) is 0 Å². The lowest BCUT2D eigenvalue weighted by atomic mass is 10.1. The summed E-state index contributed by atoms with van der Waals surface area (Å²) in [6.45, 7) is 0.728. The van der Waals surface area contributed by atoms with Crippen LogP contribution < -0.4 is 5.32 Å². The lowest BCUT2D eigenvalue weighted by Crippen LogP contribution is -2.01. The fourth-order valence-corrected chi connectivity index (χ4v) is 2.18. The van der Waals surface area contributed by atoms with Crippen molar-refractivity contribution >= 4 is 33.2 Å². The second-order valence-electron chi connectivity index (χ2n) is 4.31. The molecule has 0 saturated heterocycles. The van der Waals surface area contributed by atoms with E-state index in [0.29, 0.717) is 5.88 Å². The normalized spacial score (nSPS) is 10.4. The Labute approximate surface area is 127 Å². The molecule has 0 radical (unpaired) electrons. The van der Waals surface area contributed by atoms with E-state index in [-0.39, 0.29) is 0 Å². The van der Waals surface area contributed by atoms with Gasteiger partial charge in [0.15, 0.2) is 0 Å². The maximum absolute atomic E-state index is 5.72. The van der Waals surface area contributed by atoms with Gasteiger partial charge >= 0.3 is 0 Å². The molecule has 0 bridgehead atoms. The van der Waals surface area contributed by atoms with Crippen LogP contribution in [0.5, 0.6) is 0 Å². The van der Waals surface area contributed by atoms with E-state index in [4.69, 9.17) is 11.6 Å². The highest BCUT2D eigenvalue weighted by atomic mass is 79.9. The quantitative estimate of drug-likeness (QED) is 0.776. The van der Waals surface area contributed by atoms with E-state index in [1.165, 1.54) is 5.56 Å². The van der Waals surface area contributed by atoms with Gasteiger partial charge in [0.1, 0.15) is 0 Å². The molecule has 0 aliphatic rings. The summed E-state index contributed by atoms with van der Waals surface area (Å²) in [4.78, 5) is 4.34. The summed E-state index contributed by atoms with van der Waals surface area (Å²) in [7, 11) is 0. The summed E-state index contributed by atoms with van der Waals surface area (Å²) in [5.41, 5.74) is 3.46. The van der Waals surface area contributed by atoms with E-state index in [1.54, 1.807) is 0 Å². The third kappa shape index (κ3) is 4.84. The minimum Gasteiger partial charge on any atom is -0.379 e. The summed E-state index contributed by atoms with van der Waals surface area (Å²) in [5.74, 6) is 0.709. The van der Waals surface area contributed by atoms with E-state index in [0.717, 1.165) is 35.2 Å². The first-order valence-electron chi connectivity index (χ1n) is 6.27. The van der Waals surface area contributed by atoms with Crippen molar-refractivity contribution in [2.45, 2.75) is 19.4 Å². The first-order valence-corrected chi connectivity index (χ1v) is 7.60. The Bertz CT molecular complexity index is 514. The molecule has 1 N–H and O–H groups in total. The highest BCUT2D eigenvalue weighted by Crippen LogP contribution is 2.14. The molecule has 0 aliphatic carbocycles. The molecule has 4 heteroatoms. The molecule has 1 aromatic heterocycles. The molecule has 0 saturated carbocycles. The smallest absolute Gasteiger partial charge is 0.0595 e. The van der Waals surface area contributed by atoms with Gasteiger partial charge in [0.05, 0.1) is 12.2 Å². The Kier molecular flexibility index (Phi) is 5.67. The van der Waals surface area contributed by atoms with Crippen LogP contribution in [0.2, 0.25) is 0 Å². The number of rotatable bonds is 6. The second-order valence-corrected chi connectivity index (χ2v) is 5.61. The summed E-state index contributed by atoms with van der Waals surface area (Å²) in [6, 6.07) is 12.5. The highest BCUT2D eigenvalue weighted by molar-refractivity contribution is 9.10. The molecule has 2 aromatic rings. The summed E-state index contributed by atoms with van der Waals surface area (Å²) < 4.78 is 0.999. The number of alkyl halides is 1. The van der Waals surface area contributed by atoms with Crippen molar-refractivity contribution in [3.05, 3.63) is 58.3 Å². The molecule has 1 heterocycles. The van der Waals surface area contributed by atoms with Crippen LogP contribution in [0.25, 0.3) is 0 Å². The SMILES string of the molecule is ClCCCc1cccc(NCc2ccc(Br)cn2)c1. The maximum Gasteiger partial charge on any atom is 0.0595 e. The molecular formula is C15H16BrClN2. The lowest BCUT2D eigenvalue weighted by Gasteiger charge is -2.08. The third-order valence-electron chi connectivity index (χ3n) is 2.79. The Morgan fingerprint density at radius 1 is 1.21 bits per heavy atom. The summed E-state index contributed by atoms with van der Waals surface area (Å²) >= 11 is 9.10. The topological polar surface area (TPSA) is 24.9 Å². The van der Waals surface area contributed by atoms with Crippen molar-refractivity contribution in [3.8, 4) is 0 Å². The number of hydrogen-bond acceptors (Lipinski definition) is 2. The van der Waals surface area contributed by atoms with Gasteiger partial charge < -0.3 is 5.32 Å². The Morgan fingerprint density at radius 3 is 2.84 bits per heavy atom. The number of benzene rings is 1. The zero-order valence-electron chi connectivity index (χ0n) is 10.6. The highest BCUT2D eigenvalue weighted by Gasteiger charge is 1.98. The molecule has 0 unspecified atom stereocenters. The predicted molar refractivity (Wildman–Crippen MR) is 84.7 cm³/mol. The second kappa shape index (κ2) is 7.51. The zero-order valence-corrected chi connectivity index (χ0v) is 12.9. The van der Waals surface area contributed by atoms with Gasteiger partial charge in [-0.1, -0.05) is 12.1 Å². The summed E-state index contributed by atoms with van der Waals surface area (Å²) in [6.07, 6.45) is 3.85. The first-order chi connectivity index (χ1) is 9.28. The minimum atomic E-state index is 0.709. The molecule has 0 fully saturated rings. The fraction of sp³-hybridized carbons (Fsp3) is 0.267. The number of hydrogen-bond donors (Lipinski definition) is 1. The van der Waals surface area contributed by atoms with E-state index in [2.05, 4.69) is 50.5 Å². The molecule has 19 heavy (non-hydrogen) atoms. The van der Waals surface area contributed by atoms with E-state index >= 15 is 0 Å². The molecular weight excluding hydrogens is 324 g/mol. The van der Waals surface area contributed by atoms with Crippen molar-refractivity contribution in [2.24, 2.45) is 0 Å². The van der Waals surface area contributed by atoms with Crippen molar-refractivity contribution < 1.29 is 0 Å². The number of aromatic nitrogens is 1. The van der Waals surface area contributed by atoms with Crippen molar-refractivity contribution in [3.63, 3.8) is 0 Å². The number of halogens is 2. The van der Waals surface area contributed by atoms with Gasteiger partial charge in [-0.3, -0.25) is 4.98 Å². The molecule has 100 valence electrons. The predicted octanol–water partition coefficient (Wildman–Crippen LogP) is 4.63. The molecule has 2 rings (SSSR count). The fourth-order valence-electron chi connectivity index (χ4n) is 1.81. The van der Waals surface area contributed by atoms with E-state index < -0.39 is 0 Å². The minimum absolute atomic E-state index is 0.709. The van der Waals surface area contributed by atoms with Crippen molar-refractivity contribution in [1.29, 1.82) is 0 Å². The van der Waals surface area contributed by atoms with Crippen molar-refractivity contribution in [1.82, 2.24) is 4.98 Å². The van der Waals surface area contributed by atoms with E-state index in [1.807, 2.05) is 18.3 Å². The van der Waals surface area contributed by atoms with Gasteiger partial charge in [-0.05, 0) is 58.6 Å². The van der Waals surface area contributed by atoms with Crippen LogP contribution in [0.4, 0.5) is 5.69 Å².